The number of likely N-dealkylation sites (N-methyl/N-ethyl adjacent to an activating group) is 1. The number of allylic oxidation sites excluding steroid dienone is 6. The summed E-state index contributed by atoms with van der Waals surface area (Å²) < 4.78 is 4.30. The maximum absolute atomic E-state index is 11.7. The SMILES string of the molecule is CC[N+](C)(CBr)CCC[N+]1=C(/C=C2C(O)=C(/C=C3\N(C)c4ccccc4C3(C)C)C\2=C(C#N)C#N)C(C)(C)c2cc(Br)ccc21. The van der Waals surface area contributed by atoms with Crippen molar-refractivity contribution in [3.8, 4) is 12.1 Å². The molecule has 0 spiro atoms. The summed E-state index contributed by atoms with van der Waals surface area (Å²) >= 11 is 7.37. The van der Waals surface area contributed by atoms with Gasteiger partial charge in [-0.1, -0.05) is 48.0 Å². The summed E-state index contributed by atoms with van der Waals surface area (Å²) in [5.74, 6) is 0.107. The lowest BCUT2D eigenvalue weighted by molar-refractivity contribution is -0.895. The Balaban J connectivity index is 1.66. The van der Waals surface area contributed by atoms with Gasteiger partial charge in [0.2, 0.25) is 5.69 Å². The number of benzene rings is 2. The van der Waals surface area contributed by atoms with Crippen LogP contribution in [0.3, 0.4) is 0 Å². The standard InChI is InChI=1S/C37H40Br2N5O/c1-8-44(7,23-38)17-11-16-43-31-15-14-25(39)18-29(31)37(4,5)33(43)20-27-34(24(21-40)22-41)26(35(27)45)19-32-36(2,3)28-12-9-10-13-30(28)42(32)6/h9-10,12-15,18-20H,8,11,16-17,23H2,1-7H3/q+1/p+1. The summed E-state index contributed by atoms with van der Waals surface area (Å²) in [6, 6.07) is 18.9. The van der Waals surface area contributed by atoms with Crippen LogP contribution in [-0.4, -0.2) is 59.1 Å². The first-order chi connectivity index (χ1) is 21.2. The van der Waals surface area contributed by atoms with Gasteiger partial charge in [0.25, 0.3) is 0 Å². The summed E-state index contributed by atoms with van der Waals surface area (Å²) in [5, 5.41) is 31.8. The number of quaternary nitrogens is 1. The van der Waals surface area contributed by atoms with Crippen molar-refractivity contribution in [2.75, 3.05) is 44.1 Å². The molecule has 0 aromatic heterocycles. The third-order valence-corrected chi connectivity index (χ3v) is 11.7. The summed E-state index contributed by atoms with van der Waals surface area (Å²) in [6.07, 6.45) is 4.93. The number of hydrogen-bond acceptors (Lipinski definition) is 4. The molecule has 1 unspecified atom stereocenters. The lowest BCUT2D eigenvalue weighted by Crippen LogP contribution is -2.43. The number of hydrogen-bond donors (Lipinski definition) is 1. The highest BCUT2D eigenvalue weighted by Crippen LogP contribution is 2.50. The van der Waals surface area contributed by atoms with Gasteiger partial charge in [0.15, 0.2) is 12.3 Å². The number of aliphatic hydroxyl groups excluding tert-OH is 1. The molecule has 5 rings (SSSR count). The van der Waals surface area contributed by atoms with Crippen molar-refractivity contribution in [3.63, 3.8) is 0 Å². The van der Waals surface area contributed by atoms with Crippen LogP contribution in [0.5, 0.6) is 0 Å². The van der Waals surface area contributed by atoms with Crippen molar-refractivity contribution in [1.29, 1.82) is 10.5 Å². The molecule has 0 bridgehead atoms. The molecule has 45 heavy (non-hydrogen) atoms. The second kappa shape index (κ2) is 12.1. The zero-order valence-corrected chi connectivity index (χ0v) is 30.3. The third-order valence-electron chi connectivity index (χ3n) is 10.0. The molecule has 0 saturated heterocycles. The minimum absolute atomic E-state index is 0.00147. The summed E-state index contributed by atoms with van der Waals surface area (Å²) in [7, 11) is 4.28. The highest BCUT2D eigenvalue weighted by molar-refractivity contribution is 9.10. The van der Waals surface area contributed by atoms with Crippen LogP contribution in [0.1, 0.15) is 52.2 Å². The maximum atomic E-state index is 11.7. The molecular weight excluding hydrogens is 690 g/mol. The van der Waals surface area contributed by atoms with Crippen LogP contribution >= 0.6 is 31.9 Å². The van der Waals surface area contributed by atoms with Crippen molar-refractivity contribution in [2.45, 2.75) is 51.9 Å². The lowest BCUT2D eigenvalue weighted by atomic mass is 9.74. The summed E-state index contributed by atoms with van der Waals surface area (Å²) in [6.45, 7) is 13.8. The van der Waals surface area contributed by atoms with Gasteiger partial charge in [-0.15, -0.1) is 0 Å². The molecular formula is C37H41Br2N5O+2. The van der Waals surface area contributed by atoms with Crippen molar-refractivity contribution >= 4 is 48.9 Å². The van der Waals surface area contributed by atoms with Crippen molar-refractivity contribution in [1.82, 2.24) is 0 Å². The Kier molecular flexibility index (Phi) is 8.83. The van der Waals surface area contributed by atoms with Gasteiger partial charge in [-0.3, -0.25) is 0 Å². The summed E-state index contributed by atoms with van der Waals surface area (Å²) in [4.78, 5) is 2.13. The van der Waals surface area contributed by atoms with Crippen molar-refractivity contribution in [3.05, 3.63) is 104 Å². The van der Waals surface area contributed by atoms with Gasteiger partial charge in [-0.2, -0.15) is 15.1 Å². The molecule has 2 aromatic carbocycles. The smallest absolute Gasteiger partial charge is 0.209 e. The quantitative estimate of drug-likeness (QED) is 0.0973. The second-order valence-corrected chi connectivity index (χ2v) is 14.9. The van der Waals surface area contributed by atoms with E-state index >= 15 is 0 Å². The Bertz CT molecular complexity index is 1810. The van der Waals surface area contributed by atoms with Gasteiger partial charge in [0.1, 0.15) is 28.9 Å². The number of nitrogens with zero attached hydrogens (tertiary/aromatic N) is 5. The Hall–Kier alpha value is -3.43. The van der Waals surface area contributed by atoms with E-state index in [0.29, 0.717) is 16.7 Å². The van der Waals surface area contributed by atoms with E-state index in [0.717, 1.165) is 63.2 Å². The number of aliphatic hydroxyl groups is 1. The van der Waals surface area contributed by atoms with Crippen LogP contribution in [0.2, 0.25) is 0 Å². The average molecular weight is 732 g/mol. The maximum Gasteiger partial charge on any atom is 0.209 e. The fraction of sp³-hybridized carbons (Fsp3) is 0.378. The molecule has 0 saturated carbocycles. The summed E-state index contributed by atoms with van der Waals surface area (Å²) in [5.41, 5.74) is 8.42. The van der Waals surface area contributed by atoms with E-state index in [1.165, 1.54) is 11.1 Å². The first kappa shape index (κ1) is 32.9. The Labute approximate surface area is 284 Å². The fourth-order valence-electron chi connectivity index (χ4n) is 6.95. The van der Waals surface area contributed by atoms with Gasteiger partial charge >= 0.3 is 0 Å². The first-order valence-corrected chi connectivity index (χ1v) is 17.3. The van der Waals surface area contributed by atoms with Gasteiger partial charge in [0.05, 0.1) is 32.0 Å². The van der Waals surface area contributed by atoms with Crippen LogP contribution in [0.15, 0.2) is 92.8 Å². The number of alkyl halides is 1. The van der Waals surface area contributed by atoms with Crippen LogP contribution in [0.25, 0.3) is 0 Å². The van der Waals surface area contributed by atoms with E-state index in [4.69, 9.17) is 0 Å². The minimum atomic E-state index is -0.376. The fourth-order valence-corrected chi connectivity index (χ4v) is 7.91. The molecule has 0 radical (unpaired) electrons. The molecule has 2 aromatic rings. The van der Waals surface area contributed by atoms with E-state index in [2.05, 4.69) is 125 Å². The molecule has 3 aliphatic rings. The Morgan fingerprint density at radius 2 is 1.73 bits per heavy atom. The molecule has 1 N–H and O–H groups in total. The zero-order chi connectivity index (χ0) is 32.9. The van der Waals surface area contributed by atoms with Crippen molar-refractivity contribution in [2.24, 2.45) is 0 Å². The Morgan fingerprint density at radius 3 is 2.36 bits per heavy atom. The van der Waals surface area contributed by atoms with E-state index in [9.17, 15) is 15.6 Å². The minimum Gasteiger partial charge on any atom is -0.507 e. The molecule has 8 heteroatoms. The molecule has 1 atom stereocenters. The Morgan fingerprint density at radius 1 is 1.04 bits per heavy atom. The molecule has 2 aliphatic heterocycles. The third kappa shape index (κ3) is 5.42. The number of rotatable bonds is 8. The van der Waals surface area contributed by atoms with Gasteiger partial charge < -0.3 is 14.5 Å². The predicted octanol–water partition coefficient (Wildman–Crippen LogP) is 8.44. The molecule has 0 amide bonds. The monoisotopic (exact) mass is 729 g/mol. The number of nitriles is 2. The normalized spacial score (nSPS) is 21.0. The van der Waals surface area contributed by atoms with Crippen LogP contribution < -0.4 is 4.90 Å². The van der Waals surface area contributed by atoms with E-state index in [1.807, 2.05) is 31.3 Å². The first-order valence-electron chi connectivity index (χ1n) is 15.4. The van der Waals surface area contributed by atoms with Crippen LogP contribution in [0.4, 0.5) is 11.4 Å². The lowest BCUT2D eigenvalue weighted by Gasteiger charge is -2.30. The van der Waals surface area contributed by atoms with Gasteiger partial charge in [-0.25, -0.2) is 0 Å². The number of halogens is 2. The molecule has 1 aliphatic carbocycles. The number of fused-ring (bicyclic) bond motifs is 2. The van der Waals surface area contributed by atoms with E-state index in [1.54, 1.807) is 0 Å². The van der Waals surface area contributed by atoms with E-state index < -0.39 is 0 Å². The highest BCUT2D eigenvalue weighted by atomic mass is 79.9. The van der Waals surface area contributed by atoms with Crippen LogP contribution in [0, 0.1) is 22.7 Å². The second-order valence-electron chi connectivity index (χ2n) is 13.5. The molecule has 232 valence electrons. The van der Waals surface area contributed by atoms with Crippen LogP contribution in [-0.2, 0) is 10.8 Å². The zero-order valence-electron chi connectivity index (χ0n) is 27.2. The number of anilines is 1. The molecule has 2 heterocycles. The predicted molar refractivity (Wildman–Crippen MR) is 189 cm³/mol. The number of para-hydroxylation sites is 1. The van der Waals surface area contributed by atoms with Gasteiger partial charge in [0, 0.05) is 62.7 Å². The highest BCUT2D eigenvalue weighted by Gasteiger charge is 2.47. The molecule has 0 fully saturated rings. The van der Waals surface area contributed by atoms with Gasteiger partial charge in [-0.05, 0) is 66.5 Å². The average Bonchev–Trinajstić information content (AvgIpc) is 3.35. The molecule has 6 nitrogen and oxygen atoms in total. The topological polar surface area (TPSA) is 74.1 Å². The van der Waals surface area contributed by atoms with Crippen molar-refractivity contribution < 1.29 is 14.2 Å². The largest absolute Gasteiger partial charge is 0.507 e. The van der Waals surface area contributed by atoms with E-state index in [-0.39, 0.29) is 22.2 Å².